The second kappa shape index (κ2) is 8.10. The van der Waals surface area contributed by atoms with Gasteiger partial charge in [-0.2, -0.15) is 0 Å². The number of rotatable bonds is 6. The molecule has 0 bridgehead atoms. The number of amides is 1. The van der Waals surface area contributed by atoms with E-state index in [0.29, 0.717) is 5.69 Å². The van der Waals surface area contributed by atoms with Gasteiger partial charge in [0, 0.05) is 11.6 Å². The summed E-state index contributed by atoms with van der Waals surface area (Å²) >= 11 is 6.10. The molecule has 1 atom stereocenters. The minimum atomic E-state index is -3.93. The van der Waals surface area contributed by atoms with Crippen molar-refractivity contribution in [1.82, 2.24) is 5.32 Å². The zero-order valence-corrected chi connectivity index (χ0v) is 16.8. The molecule has 2 N–H and O–H groups in total. The molecule has 2 aromatic rings. The first-order valence-corrected chi connectivity index (χ1v) is 10.2. The molecule has 0 fully saturated rings. The van der Waals surface area contributed by atoms with E-state index < -0.39 is 10.0 Å². The average molecular weight is 395 g/mol. The van der Waals surface area contributed by atoms with Crippen molar-refractivity contribution in [2.45, 2.75) is 38.6 Å². The van der Waals surface area contributed by atoms with Crippen molar-refractivity contribution < 1.29 is 13.2 Å². The molecule has 0 aromatic heterocycles. The number of aryl methyl sites for hydroxylation is 1. The first kappa shape index (κ1) is 20.3. The summed E-state index contributed by atoms with van der Waals surface area (Å²) in [6.07, 6.45) is 0. The molecule has 0 spiro atoms. The molecule has 0 unspecified atom stereocenters. The normalized spacial score (nSPS) is 12.7. The number of sulfonamides is 1. The molecule has 2 rings (SSSR count). The fourth-order valence-corrected chi connectivity index (χ4v) is 3.85. The number of carbonyl (C=O) groups excluding carboxylic acids is 1. The molecule has 0 saturated carbocycles. The predicted octanol–water partition coefficient (Wildman–Crippen LogP) is 4.22. The summed E-state index contributed by atoms with van der Waals surface area (Å²) in [5.41, 5.74) is 1.49. The van der Waals surface area contributed by atoms with Gasteiger partial charge < -0.3 is 5.32 Å². The molecule has 7 heteroatoms. The van der Waals surface area contributed by atoms with Crippen LogP contribution >= 0.6 is 11.6 Å². The van der Waals surface area contributed by atoms with E-state index in [-0.39, 0.29) is 33.3 Å². The molecule has 1 amide bonds. The van der Waals surface area contributed by atoms with Crippen LogP contribution in [0.5, 0.6) is 0 Å². The Labute approximate surface area is 159 Å². The second-order valence-electron chi connectivity index (χ2n) is 6.57. The minimum Gasteiger partial charge on any atom is -0.349 e. The Kier molecular flexibility index (Phi) is 6.31. The highest BCUT2D eigenvalue weighted by Crippen LogP contribution is 2.26. The third-order valence-electron chi connectivity index (χ3n) is 4.23. The van der Waals surface area contributed by atoms with Crippen molar-refractivity contribution >= 4 is 33.2 Å². The smallest absolute Gasteiger partial charge is 0.263 e. The highest BCUT2D eigenvalue weighted by atomic mass is 35.5. The van der Waals surface area contributed by atoms with Crippen LogP contribution in [0.25, 0.3) is 0 Å². The maximum Gasteiger partial charge on any atom is 0.263 e. The van der Waals surface area contributed by atoms with Crippen LogP contribution in [0.3, 0.4) is 0 Å². The maximum atomic E-state index is 12.8. The van der Waals surface area contributed by atoms with E-state index in [1.54, 1.807) is 25.1 Å². The molecule has 0 aliphatic heterocycles. The number of hydrogen-bond acceptors (Lipinski definition) is 3. The third-order valence-corrected chi connectivity index (χ3v) is 6.08. The number of anilines is 1. The summed E-state index contributed by atoms with van der Waals surface area (Å²) in [5.74, 6) is -0.0765. The van der Waals surface area contributed by atoms with Crippen LogP contribution in [0.15, 0.2) is 47.4 Å². The highest BCUT2D eigenvalue weighted by molar-refractivity contribution is 7.92. The SMILES string of the molecule is Cc1ccccc1NS(=O)(=O)c1cc(C(=O)N[C@H](C)C(C)C)ccc1Cl. The number of benzene rings is 2. The van der Waals surface area contributed by atoms with Gasteiger partial charge in [0.2, 0.25) is 0 Å². The van der Waals surface area contributed by atoms with Gasteiger partial charge in [-0.3, -0.25) is 9.52 Å². The number of halogens is 1. The quantitative estimate of drug-likeness (QED) is 0.770. The lowest BCUT2D eigenvalue weighted by molar-refractivity contribution is 0.0930. The largest absolute Gasteiger partial charge is 0.349 e. The van der Waals surface area contributed by atoms with Gasteiger partial charge >= 0.3 is 0 Å². The van der Waals surface area contributed by atoms with E-state index in [2.05, 4.69) is 10.0 Å². The van der Waals surface area contributed by atoms with Gasteiger partial charge in [0.05, 0.1) is 10.7 Å². The van der Waals surface area contributed by atoms with Gasteiger partial charge in [-0.15, -0.1) is 0 Å². The molecule has 0 radical (unpaired) electrons. The first-order chi connectivity index (χ1) is 12.1. The summed E-state index contributed by atoms with van der Waals surface area (Å²) in [6.45, 7) is 7.69. The van der Waals surface area contributed by atoms with Gasteiger partial charge in [0.1, 0.15) is 4.90 Å². The lowest BCUT2D eigenvalue weighted by Crippen LogP contribution is -2.36. The fraction of sp³-hybridized carbons (Fsp3) is 0.316. The van der Waals surface area contributed by atoms with Gasteiger partial charge in [-0.1, -0.05) is 43.6 Å². The van der Waals surface area contributed by atoms with E-state index in [9.17, 15) is 13.2 Å². The Morgan fingerprint density at radius 2 is 1.73 bits per heavy atom. The minimum absolute atomic E-state index is 0.0386. The standard InChI is InChI=1S/C19H23ClN2O3S/c1-12(2)14(4)21-19(23)15-9-10-16(20)18(11-15)26(24,25)22-17-8-6-5-7-13(17)3/h5-12,14,22H,1-4H3,(H,21,23)/t14-/m1/s1. The van der Waals surface area contributed by atoms with E-state index in [4.69, 9.17) is 11.6 Å². The lowest BCUT2D eigenvalue weighted by Gasteiger charge is -2.18. The second-order valence-corrected chi connectivity index (χ2v) is 8.63. The summed E-state index contributed by atoms with van der Waals surface area (Å²) in [7, 11) is -3.93. The molecule has 0 aliphatic carbocycles. The number of nitrogens with one attached hydrogen (secondary N) is 2. The molecule has 2 aromatic carbocycles. The number of hydrogen-bond donors (Lipinski definition) is 2. The molecule has 0 saturated heterocycles. The molecular weight excluding hydrogens is 372 g/mol. The Hall–Kier alpha value is -2.05. The van der Waals surface area contributed by atoms with E-state index in [0.717, 1.165) is 5.56 Å². The van der Waals surface area contributed by atoms with Crippen LogP contribution in [-0.4, -0.2) is 20.4 Å². The molecular formula is C19H23ClN2O3S. The van der Waals surface area contributed by atoms with Crippen LogP contribution in [0.1, 0.15) is 36.7 Å². The zero-order valence-electron chi connectivity index (χ0n) is 15.2. The van der Waals surface area contributed by atoms with Crippen LogP contribution in [-0.2, 0) is 10.0 Å². The van der Waals surface area contributed by atoms with Gasteiger partial charge in [-0.25, -0.2) is 8.42 Å². The number of para-hydroxylation sites is 1. The van der Waals surface area contributed by atoms with Gasteiger partial charge in [-0.05, 0) is 49.6 Å². The first-order valence-electron chi connectivity index (χ1n) is 8.30. The topological polar surface area (TPSA) is 75.3 Å². The van der Waals surface area contributed by atoms with Crippen LogP contribution in [0, 0.1) is 12.8 Å². The summed E-state index contributed by atoms with van der Waals surface area (Å²) in [5, 5.41) is 2.91. The maximum absolute atomic E-state index is 12.8. The summed E-state index contributed by atoms with van der Waals surface area (Å²) < 4.78 is 28.0. The van der Waals surface area contributed by atoms with Gasteiger partial charge in [0.25, 0.3) is 15.9 Å². The Morgan fingerprint density at radius 1 is 1.08 bits per heavy atom. The molecule has 0 heterocycles. The van der Waals surface area contributed by atoms with Crippen LogP contribution < -0.4 is 10.0 Å². The van der Waals surface area contributed by atoms with Crippen LogP contribution in [0.2, 0.25) is 5.02 Å². The lowest BCUT2D eigenvalue weighted by atomic mass is 10.1. The fourth-order valence-electron chi connectivity index (χ4n) is 2.19. The van der Waals surface area contributed by atoms with E-state index in [1.807, 2.05) is 26.8 Å². The van der Waals surface area contributed by atoms with Crippen molar-refractivity contribution in [3.63, 3.8) is 0 Å². The third kappa shape index (κ3) is 4.77. The van der Waals surface area contributed by atoms with Crippen molar-refractivity contribution in [2.75, 3.05) is 4.72 Å². The van der Waals surface area contributed by atoms with Crippen molar-refractivity contribution in [1.29, 1.82) is 0 Å². The Morgan fingerprint density at radius 3 is 2.35 bits per heavy atom. The zero-order chi connectivity index (χ0) is 19.5. The highest BCUT2D eigenvalue weighted by Gasteiger charge is 2.21. The van der Waals surface area contributed by atoms with Gasteiger partial charge in [0.15, 0.2) is 0 Å². The Bertz CT molecular complexity index is 911. The molecule has 26 heavy (non-hydrogen) atoms. The van der Waals surface area contributed by atoms with Crippen molar-refractivity contribution in [2.24, 2.45) is 5.92 Å². The predicted molar refractivity (Wildman–Crippen MR) is 105 cm³/mol. The molecule has 5 nitrogen and oxygen atoms in total. The van der Waals surface area contributed by atoms with Crippen molar-refractivity contribution in [3.8, 4) is 0 Å². The Balaban J connectivity index is 2.34. The average Bonchev–Trinajstić information content (AvgIpc) is 2.56. The van der Waals surface area contributed by atoms with E-state index in [1.165, 1.54) is 18.2 Å². The van der Waals surface area contributed by atoms with Crippen LogP contribution in [0.4, 0.5) is 5.69 Å². The number of carbonyl (C=O) groups is 1. The molecule has 0 aliphatic rings. The molecule has 140 valence electrons. The summed E-state index contributed by atoms with van der Waals surface area (Å²) in [6, 6.07) is 11.2. The summed E-state index contributed by atoms with van der Waals surface area (Å²) in [4.78, 5) is 12.3. The van der Waals surface area contributed by atoms with E-state index >= 15 is 0 Å². The van der Waals surface area contributed by atoms with Crippen molar-refractivity contribution in [3.05, 3.63) is 58.6 Å². The monoisotopic (exact) mass is 394 g/mol.